The van der Waals surface area contributed by atoms with E-state index >= 15 is 0 Å². The van der Waals surface area contributed by atoms with E-state index in [-0.39, 0.29) is 6.04 Å². The molecule has 0 aromatic carbocycles. The number of sulfonamides is 1. The van der Waals surface area contributed by atoms with Crippen LogP contribution in [-0.4, -0.2) is 34.2 Å². The SMILES string of the molecule is CC(C)(C)S(=O)(=O)N[C@H]1CC[C@H](c2cc3nc(-c4ccc(F)nc4)ccc3[nH]2)CC1. The number of pyridine rings is 2. The molecule has 3 heterocycles. The number of aromatic nitrogens is 3. The normalized spacial score (nSPS) is 20.5. The predicted molar refractivity (Wildman–Crippen MR) is 116 cm³/mol. The van der Waals surface area contributed by atoms with Crippen molar-refractivity contribution in [3.63, 3.8) is 0 Å². The van der Waals surface area contributed by atoms with Gasteiger partial charge in [-0.15, -0.1) is 0 Å². The van der Waals surface area contributed by atoms with Gasteiger partial charge in [0.2, 0.25) is 16.0 Å². The fourth-order valence-electron chi connectivity index (χ4n) is 3.86. The molecule has 4 rings (SSSR count). The first kappa shape index (κ1) is 20.9. The Labute approximate surface area is 176 Å². The maximum Gasteiger partial charge on any atom is 0.216 e. The van der Waals surface area contributed by atoms with Crippen molar-refractivity contribution < 1.29 is 12.8 Å². The van der Waals surface area contributed by atoms with Crippen LogP contribution >= 0.6 is 0 Å². The van der Waals surface area contributed by atoms with Gasteiger partial charge in [-0.2, -0.15) is 4.39 Å². The van der Waals surface area contributed by atoms with E-state index in [1.54, 1.807) is 26.8 Å². The Morgan fingerprint density at radius 3 is 2.47 bits per heavy atom. The minimum atomic E-state index is -3.33. The summed E-state index contributed by atoms with van der Waals surface area (Å²) in [6.45, 7) is 5.15. The Bertz CT molecular complexity index is 1140. The summed E-state index contributed by atoms with van der Waals surface area (Å²) in [6, 6.07) is 8.94. The summed E-state index contributed by atoms with van der Waals surface area (Å²) in [4.78, 5) is 11.9. The zero-order valence-electron chi connectivity index (χ0n) is 17.4. The number of hydrogen-bond donors (Lipinski definition) is 2. The van der Waals surface area contributed by atoms with Crippen molar-refractivity contribution in [2.45, 2.75) is 63.2 Å². The van der Waals surface area contributed by atoms with Crippen LogP contribution in [0, 0.1) is 5.95 Å². The minimum Gasteiger partial charge on any atom is -0.357 e. The van der Waals surface area contributed by atoms with E-state index in [4.69, 9.17) is 4.98 Å². The van der Waals surface area contributed by atoms with Crippen LogP contribution in [0.25, 0.3) is 22.3 Å². The molecule has 6 nitrogen and oxygen atoms in total. The van der Waals surface area contributed by atoms with E-state index < -0.39 is 20.7 Å². The van der Waals surface area contributed by atoms with Crippen molar-refractivity contribution in [1.29, 1.82) is 0 Å². The van der Waals surface area contributed by atoms with Gasteiger partial charge in [-0.25, -0.2) is 23.1 Å². The van der Waals surface area contributed by atoms with Crippen LogP contribution < -0.4 is 4.72 Å². The summed E-state index contributed by atoms with van der Waals surface area (Å²) in [5, 5.41) is 0. The van der Waals surface area contributed by atoms with Crippen LogP contribution in [0.5, 0.6) is 0 Å². The molecule has 3 aromatic heterocycles. The van der Waals surface area contributed by atoms with Gasteiger partial charge >= 0.3 is 0 Å². The topological polar surface area (TPSA) is 87.7 Å². The number of hydrogen-bond acceptors (Lipinski definition) is 4. The smallest absolute Gasteiger partial charge is 0.216 e. The highest BCUT2D eigenvalue weighted by Crippen LogP contribution is 2.34. The highest BCUT2D eigenvalue weighted by atomic mass is 32.2. The van der Waals surface area contributed by atoms with Gasteiger partial charge in [0.05, 0.1) is 21.5 Å². The molecule has 0 radical (unpaired) electrons. The Morgan fingerprint density at radius 2 is 1.83 bits per heavy atom. The molecular formula is C22H27FN4O2S. The van der Waals surface area contributed by atoms with Crippen LogP contribution in [0.1, 0.15) is 58.1 Å². The second-order valence-corrected chi connectivity index (χ2v) is 11.5. The maximum atomic E-state index is 13.1. The van der Waals surface area contributed by atoms with Gasteiger partial charge in [-0.1, -0.05) is 0 Å². The Hall–Kier alpha value is -2.32. The number of nitrogens with one attached hydrogen (secondary N) is 2. The summed E-state index contributed by atoms with van der Waals surface area (Å²) in [6.07, 6.45) is 4.94. The molecule has 2 N–H and O–H groups in total. The Kier molecular flexibility index (Phi) is 5.40. The summed E-state index contributed by atoms with van der Waals surface area (Å²) in [7, 11) is -3.33. The third kappa shape index (κ3) is 4.25. The number of halogens is 1. The Balaban J connectivity index is 1.46. The van der Waals surface area contributed by atoms with Crippen LogP contribution in [0.2, 0.25) is 0 Å². The predicted octanol–water partition coefficient (Wildman–Crippen LogP) is 4.51. The van der Waals surface area contributed by atoms with Crippen molar-refractivity contribution in [3.8, 4) is 11.3 Å². The minimum absolute atomic E-state index is 0.00874. The molecule has 0 amide bonds. The van der Waals surface area contributed by atoms with Crippen molar-refractivity contribution >= 4 is 21.1 Å². The average Bonchev–Trinajstić information content (AvgIpc) is 3.11. The molecule has 0 unspecified atom stereocenters. The molecule has 1 saturated carbocycles. The standard InChI is InChI=1S/C22H27FN4O2S/c1-22(2,3)30(28,29)27-16-7-4-14(5-8-16)19-12-20-18(26-19)10-9-17(25-20)15-6-11-21(23)24-13-15/h6,9-14,16,26-27H,4-5,7-8H2,1-3H3/t14-,16-. The summed E-state index contributed by atoms with van der Waals surface area (Å²) < 4.78 is 40.0. The molecular weight excluding hydrogens is 403 g/mol. The molecule has 1 aliphatic rings. The lowest BCUT2D eigenvalue weighted by Gasteiger charge is -2.31. The monoisotopic (exact) mass is 430 g/mol. The lowest BCUT2D eigenvalue weighted by atomic mass is 9.84. The van der Waals surface area contributed by atoms with E-state index in [9.17, 15) is 12.8 Å². The van der Waals surface area contributed by atoms with E-state index in [1.165, 1.54) is 12.3 Å². The lowest BCUT2D eigenvalue weighted by molar-refractivity contribution is 0.368. The molecule has 0 aliphatic heterocycles. The molecule has 30 heavy (non-hydrogen) atoms. The van der Waals surface area contributed by atoms with Crippen molar-refractivity contribution in [2.75, 3.05) is 0 Å². The van der Waals surface area contributed by atoms with E-state index in [1.807, 2.05) is 12.1 Å². The van der Waals surface area contributed by atoms with Gasteiger partial charge in [-0.3, -0.25) is 0 Å². The van der Waals surface area contributed by atoms with E-state index in [2.05, 4.69) is 20.8 Å². The van der Waals surface area contributed by atoms with E-state index in [0.29, 0.717) is 5.92 Å². The summed E-state index contributed by atoms with van der Waals surface area (Å²) in [5.41, 5.74) is 4.47. The zero-order valence-corrected chi connectivity index (χ0v) is 18.3. The largest absolute Gasteiger partial charge is 0.357 e. The molecule has 160 valence electrons. The Morgan fingerprint density at radius 1 is 1.10 bits per heavy atom. The van der Waals surface area contributed by atoms with Crippen molar-refractivity contribution in [2.24, 2.45) is 0 Å². The molecule has 0 bridgehead atoms. The molecule has 8 heteroatoms. The van der Waals surface area contributed by atoms with Crippen LogP contribution in [0.15, 0.2) is 36.5 Å². The summed E-state index contributed by atoms with van der Waals surface area (Å²) in [5.74, 6) is -0.158. The molecule has 3 aromatic rings. The number of rotatable bonds is 4. The van der Waals surface area contributed by atoms with Gasteiger partial charge in [0.25, 0.3) is 0 Å². The third-order valence-corrected chi connectivity index (χ3v) is 8.07. The number of aromatic amines is 1. The molecule has 1 aliphatic carbocycles. The fraction of sp³-hybridized carbons (Fsp3) is 0.455. The van der Waals surface area contributed by atoms with Crippen molar-refractivity contribution in [3.05, 3.63) is 48.2 Å². The first-order valence-electron chi connectivity index (χ1n) is 10.3. The third-order valence-electron chi connectivity index (χ3n) is 5.81. The van der Waals surface area contributed by atoms with E-state index in [0.717, 1.165) is 53.7 Å². The van der Waals surface area contributed by atoms with Crippen LogP contribution in [0.4, 0.5) is 4.39 Å². The first-order chi connectivity index (χ1) is 14.1. The highest BCUT2D eigenvalue weighted by molar-refractivity contribution is 7.90. The zero-order chi connectivity index (χ0) is 21.5. The molecule has 0 saturated heterocycles. The first-order valence-corrected chi connectivity index (χ1v) is 11.7. The second-order valence-electron chi connectivity index (χ2n) is 9.01. The summed E-state index contributed by atoms with van der Waals surface area (Å²) >= 11 is 0. The van der Waals surface area contributed by atoms with Crippen molar-refractivity contribution in [1.82, 2.24) is 19.7 Å². The van der Waals surface area contributed by atoms with Gasteiger partial charge in [0.1, 0.15) is 0 Å². The van der Waals surface area contributed by atoms with Crippen LogP contribution in [0.3, 0.4) is 0 Å². The number of nitrogens with zero attached hydrogens (tertiary/aromatic N) is 2. The maximum absolute atomic E-state index is 13.1. The average molecular weight is 431 g/mol. The second kappa shape index (κ2) is 7.74. The van der Waals surface area contributed by atoms with Gasteiger partial charge in [0.15, 0.2) is 0 Å². The molecule has 0 atom stereocenters. The quantitative estimate of drug-likeness (QED) is 0.596. The fourth-order valence-corrected chi connectivity index (χ4v) is 4.88. The number of H-pyrrole nitrogens is 1. The highest BCUT2D eigenvalue weighted by Gasteiger charge is 2.33. The molecule has 1 fully saturated rings. The number of fused-ring (bicyclic) bond motifs is 1. The van der Waals surface area contributed by atoms with Crippen LogP contribution in [-0.2, 0) is 10.0 Å². The van der Waals surface area contributed by atoms with Gasteiger partial charge in [-0.05, 0) is 82.7 Å². The molecule has 0 spiro atoms. The van der Waals surface area contributed by atoms with Gasteiger partial charge in [0, 0.05) is 23.5 Å². The lowest BCUT2D eigenvalue weighted by Crippen LogP contribution is -2.45. The van der Waals surface area contributed by atoms with Gasteiger partial charge < -0.3 is 4.98 Å².